The SMILES string of the molecule is Cc1ccc(NC(=O)C2CC(=O)N(c3ccc(F)c(Cl)c3)C2)cc1. The minimum Gasteiger partial charge on any atom is -0.326 e. The molecule has 0 aliphatic carbocycles. The zero-order chi connectivity index (χ0) is 17.3. The van der Waals surface area contributed by atoms with E-state index in [2.05, 4.69) is 5.32 Å². The fourth-order valence-electron chi connectivity index (χ4n) is 2.67. The lowest BCUT2D eigenvalue weighted by Gasteiger charge is -2.17. The minimum atomic E-state index is -0.541. The number of hydrogen-bond acceptors (Lipinski definition) is 2. The van der Waals surface area contributed by atoms with Crippen molar-refractivity contribution in [2.75, 3.05) is 16.8 Å². The second kappa shape index (κ2) is 6.61. The average Bonchev–Trinajstić information content (AvgIpc) is 2.94. The first-order valence-electron chi connectivity index (χ1n) is 7.57. The average molecular weight is 347 g/mol. The van der Waals surface area contributed by atoms with Crippen LogP contribution in [0.4, 0.5) is 15.8 Å². The third kappa shape index (κ3) is 3.41. The van der Waals surface area contributed by atoms with Gasteiger partial charge in [-0.25, -0.2) is 4.39 Å². The summed E-state index contributed by atoms with van der Waals surface area (Å²) >= 11 is 5.77. The van der Waals surface area contributed by atoms with Crippen molar-refractivity contribution < 1.29 is 14.0 Å². The van der Waals surface area contributed by atoms with Crippen molar-refractivity contribution in [3.05, 3.63) is 58.9 Å². The topological polar surface area (TPSA) is 49.4 Å². The highest BCUT2D eigenvalue weighted by atomic mass is 35.5. The molecule has 1 atom stereocenters. The molecule has 1 unspecified atom stereocenters. The van der Waals surface area contributed by atoms with Crippen molar-refractivity contribution in [2.45, 2.75) is 13.3 Å². The number of hydrogen-bond donors (Lipinski definition) is 1. The van der Waals surface area contributed by atoms with Gasteiger partial charge in [0.15, 0.2) is 0 Å². The number of amides is 2. The van der Waals surface area contributed by atoms with Crippen LogP contribution in [-0.2, 0) is 9.59 Å². The Morgan fingerprint density at radius 1 is 1.25 bits per heavy atom. The first kappa shape index (κ1) is 16.5. The van der Waals surface area contributed by atoms with Crippen LogP contribution in [0, 0.1) is 18.7 Å². The zero-order valence-electron chi connectivity index (χ0n) is 13.1. The third-order valence-electron chi connectivity index (χ3n) is 4.03. The number of aryl methyl sites for hydroxylation is 1. The van der Waals surface area contributed by atoms with Crippen LogP contribution in [0.15, 0.2) is 42.5 Å². The molecular weight excluding hydrogens is 331 g/mol. The molecule has 2 aromatic rings. The first-order chi connectivity index (χ1) is 11.4. The molecule has 1 aliphatic heterocycles. The summed E-state index contributed by atoms with van der Waals surface area (Å²) < 4.78 is 13.3. The summed E-state index contributed by atoms with van der Waals surface area (Å²) in [5, 5.41) is 2.77. The van der Waals surface area contributed by atoms with Gasteiger partial charge in [-0.15, -0.1) is 0 Å². The second-order valence-electron chi connectivity index (χ2n) is 5.86. The zero-order valence-corrected chi connectivity index (χ0v) is 13.8. The Hall–Kier alpha value is -2.40. The number of nitrogens with one attached hydrogen (secondary N) is 1. The smallest absolute Gasteiger partial charge is 0.229 e. The molecule has 0 saturated carbocycles. The molecule has 1 saturated heterocycles. The van der Waals surface area contributed by atoms with Gasteiger partial charge in [0.2, 0.25) is 11.8 Å². The highest BCUT2D eigenvalue weighted by Gasteiger charge is 2.35. The lowest BCUT2D eigenvalue weighted by atomic mass is 10.1. The van der Waals surface area contributed by atoms with E-state index in [0.717, 1.165) is 5.56 Å². The molecule has 0 bridgehead atoms. The normalized spacial score (nSPS) is 17.2. The Morgan fingerprint density at radius 2 is 1.96 bits per heavy atom. The van der Waals surface area contributed by atoms with E-state index in [1.165, 1.54) is 23.1 Å². The Kier molecular flexibility index (Phi) is 4.53. The summed E-state index contributed by atoms with van der Waals surface area (Å²) in [6, 6.07) is 11.5. The highest BCUT2D eigenvalue weighted by Crippen LogP contribution is 2.29. The third-order valence-corrected chi connectivity index (χ3v) is 4.32. The number of carbonyl (C=O) groups excluding carboxylic acids is 2. The molecule has 6 heteroatoms. The van der Waals surface area contributed by atoms with Crippen LogP contribution in [0.1, 0.15) is 12.0 Å². The standard InChI is InChI=1S/C18H16ClFN2O2/c1-11-2-4-13(5-3-11)21-18(24)12-8-17(23)22(10-12)14-6-7-16(20)15(19)9-14/h2-7,9,12H,8,10H2,1H3,(H,21,24). The number of halogens is 2. The van der Waals surface area contributed by atoms with Crippen molar-refractivity contribution in [3.8, 4) is 0 Å². The van der Waals surface area contributed by atoms with E-state index in [4.69, 9.17) is 11.6 Å². The summed E-state index contributed by atoms with van der Waals surface area (Å²) in [7, 11) is 0. The van der Waals surface area contributed by atoms with Crippen LogP contribution < -0.4 is 10.2 Å². The molecule has 4 nitrogen and oxygen atoms in total. The number of carbonyl (C=O) groups is 2. The van der Waals surface area contributed by atoms with Crippen LogP contribution in [0.2, 0.25) is 5.02 Å². The summed E-state index contributed by atoms with van der Waals surface area (Å²) in [5.74, 6) is -1.38. The maximum atomic E-state index is 13.3. The summed E-state index contributed by atoms with van der Waals surface area (Å²) in [6.07, 6.45) is 0.118. The van der Waals surface area contributed by atoms with Crippen molar-refractivity contribution in [2.24, 2.45) is 5.92 Å². The fourth-order valence-corrected chi connectivity index (χ4v) is 2.84. The number of nitrogens with zero attached hydrogens (tertiary/aromatic N) is 1. The summed E-state index contributed by atoms with van der Waals surface area (Å²) in [6.45, 7) is 2.21. The van der Waals surface area contributed by atoms with Crippen molar-refractivity contribution in [3.63, 3.8) is 0 Å². The van der Waals surface area contributed by atoms with Crippen LogP contribution in [0.25, 0.3) is 0 Å². The maximum Gasteiger partial charge on any atom is 0.229 e. The van der Waals surface area contributed by atoms with E-state index in [0.29, 0.717) is 11.4 Å². The quantitative estimate of drug-likeness (QED) is 0.919. The molecular formula is C18H16ClFN2O2. The molecule has 2 aromatic carbocycles. The largest absolute Gasteiger partial charge is 0.326 e. The van der Waals surface area contributed by atoms with Gasteiger partial charge in [0.1, 0.15) is 5.82 Å². The van der Waals surface area contributed by atoms with Crippen LogP contribution in [-0.4, -0.2) is 18.4 Å². The molecule has 0 spiro atoms. The molecule has 2 amide bonds. The lowest BCUT2D eigenvalue weighted by molar-refractivity contribution is -0.122. The Balaban J connectivity index is 1.70. The Morgan fingerprint density at radius 3 is 2.62 bits per heavy atom. The van der Waals surface area contributed by atoms with Crippen molar-refractivity contribution in [1.82, 2.24) is 0 Å². The fraction of sp³-hybridized carbons (Fsp3) is 0.222. The monoisotopic (exact) mass is 346 g/mol. The van der Waals surface area contributed by atoms with Gasteiger partial charge in [-0.05, 0) is 37.3 Å². The van der Waals surface area contributed by atoms with E-state index in [9.17, 15) is 14.0 Å². The van der Waals surface area contributed by atoms with Gasteiger partial charge in [0.25, 0.3) is 0 Å². The summed E-state index contributed by atoms with van der Waals surface area (Å²) in [5.41, 5.74) is 2.29. The molecule has 0 aromatic heterocycles. The lowest BCUT2D eigenvalue weighted by Crippen LogP contribution is -2.28. The van der Waals surface area contributed by atoms with E-state index >= 15 is 0 Å². The van der Waals surface area contributed by atoms with Crippen LogP contribution >= 0.6 is 11.6 Å². The highest BCUT2D eigenvalue weighted by molar-refractivity contribution is 6.31. The molecule has 3 rings (SSSR count). The minimum absolute atomic E-state index is 0.0483. The van der Waals surface area contributed by atoms with Gasteiger partial charge in [-0.2, -0.15) is 0 Å². The van der Waals surface area contributed by atoms with Crippen LogP contribution in [0.5, 0.6) is 0 Å². The molecule has 24 heavy (non-hydrogen) atoms. The van der Waals surface area contributed by atoms with Crippen molar-refractivity contribution in [1.29, 1.82) is 0 Å². The van der Waals surface area contributed by atoms with Gasteiger partial charge in [-0.1, -0.05) is 29.3 Å². The first-order valence-corrected chi connectivity index (χ1v) is 7.95. The molecule has 1 N–H and O–H groups in total. The Labute approximate surface area is 144 Å². The van der Waals surface area contributed by atoms with E-state index < -0.39 is 11.7 Å². The van der Waals surface area contributed by atoms with Crippen molar-refractivity contribution >= 4 is 34.8 Å². The summed E-state index contributed by atoms with van der Waals surface area (Å²) in [4.78, 5) is 26.0. The molecule has 124 valence electrons. The molecule has 0 radical (unpaired) electrons. The van der Waals surface area contributed by atoms with Crippen LogP contribution in [0.3, 0.4) is 0 Å². The number of benzene rings is 2. The predicted octanol–water partition coefficient (Wildman–Crippen LogP) is 3.78. The van der Waals surface area contributed by atoms with Gasteiger partial charge < -0.3 is 10.2 Å². The predicted molar refractivity (Wildman–Crippen MR) is 91.7 cm³/mol. The van der Waals surface area contributed by atoms with E-state index in [1.54, 1.807) is 0 Å². The number of rotatable bonds is 3. The Bertz CT molecular complexity index is 792. The van der Waals surface area contributed by atoms with Gasteiger partial charge in [0, 0.05) is 24.3 Å². The van der Waals surface area contributed by atoms with E-state index in [1.807, 2.05) is 31.2 Å². The number of anilines is 2. The molecule has 1 aliphatic rings. The van der Waals surface area contributed by atoms with Gasteiger partial charge in [0.05, 0.1) is 10.9 Å². The van der Waals surface area contributed by atoms with E-state index in [-0.39, 0.29) is 29.8 Å². The molecule has 1 fully saturated rings. The maximum absolute atomic E-state index is 13.3. The second-order valence-corrected chi connectivity index (χ2v) is 6.27. The van der Waals surface area contributed by atoms with Gasteiger partial charge in [-0.3, -0.25) is 9.59 Å². The molecule has 1 heterocycles. The van der Waals surface area contributed by atoms with Gasteiger partial charge >= 0.3 is 0 Å².